The molecule has 0 spiro atoms. The zero-order chi connectivity index (χ0) is 14.7. The van der Waals surface area contributed by atoms with Crippen LogP contribution in [0.2, 0.25) is 0 Å². The lowest BCUT2D eigenvalue weighted by Crippen LogP contribution is -1.96. The van der Waals surface area contributed by atoms with Gasteiger partial charge in [0.05, 0.1) is 4.47 Å². The van der Waals surface area contributed by atoms with Crippen LogP contribution in [0.25, 0.3) is 0 Å². The number of ether oxygens (including phenoxy) is 1. The predicted molar refractivity (Wildman–Crippen MR) is 84.8 cm³/mol. The Morgan fingerprint density at radius 3 is 2.40 bits per heavy atom. The molecule has 2 aromatic carbocycles. The van der Waals surface area contributed by atoms with Crippen LogP contribution in [0.15, 0.2) is 46.9 Å². The van der Waals surface area contributed by atoms with Gasteiger partial charge in [-0.2, -0.15) is 0 Å². The minimum absolute atomic E-state index is 0.0415. The van der Waals surface area contributed by atoms with E-state index in [1.54, 1.807) is 19.1 Å². The average Bonchev–Trinajstić information content (AvgIpc) is 2.41. The second kappa shape index (κ2) is 6.23. The molecule has 0 radical (unpaired) electrons. The number of Topliss-reactive ketones (excluding diaryl/α,β-unsaturated/α-hetero) is 1. The lowest BCUT2D eigenvalue weighted by molar-refractivity contribution is 0.101. The van der Waals surface area contributed by atoms with E-state index in [9.17, 15) is 4.79 Å². The summed E-state index contributed by atoms with van der Waals surface area (Å²) in [5, 5.41) is 0. The molecule has 2 nitrogen and oxygen atoms in total. The van der Waals surface area contributed by atoms with E-state index in [1.807, 2.05) is 24.3 Å². The van der Waals surface area contributed by atoms with Crippen LogP contribution in [0, 0.1) is 0 Å². The molecule has 104 valence electrons. The molecular weight excluding hydrogens is 316 g/mol. The van der Waals surface area contributed by atoms with Gasteiger partial charge in [-0.05, 0) is 58.6 Å². The standard InChI is InChI=1S/C17H17BrO2/c1-11(2)14-6-4-5-7-16(14)20-17-9-8-13(12(3)19)10-15(17)18/h4-11H,1-3H3. The second-order valence-corrected chi connectivity index (χ2v) is 5.85. The average molecular weight is 333 g/mol. The molecule has 0 aliphatic carbocycles. The zero-order valence-electron chi connectivity index (χ0n) is 11.8. The number of hydrogen-bond acceptors (Lipinski definition) is 2. The first-order valence-corrected chi connectivity index (χ1v) is 7.35. The minimum Gasteiger partial charge on any atom is -0.456 e. The van der Waals surface area contributed by atoms with Gasteiger partial charge in [0.1, 0.15) is 11.5 Å². The molecule has 0 aliphatic heterocycles. The summed E-state index contributed by atoms with van der Waals surface area (Å²) in [4.78, 5) is 11.3. The number of hydrogen-bond donors (Lipinski definition) is 0. The van der Waals surface area contributed by atoms with Crippen molar-refractivity contribution in [2.45, 2.75) is 26.7 Å². The topological polar surface area (TPSA) is 26.3 Å². The third-order valence-electron chi connectivity index (χ3n) is 3.10. The summed E-state index contributed by atoms with van der Waals surface area (Å²) >= 11 is 3.46. The van der Waals surface area contributed by atoms with Crippen molar-refractivity contribution in [3.8, 4) is 11.5 Å². The SMILES string of the molecule is CC(=O)c1ccc(Oc2ccccc2C(C)C)c(Br)c1. The molecule has 0 fully saturated rings. The van der Waals surface area contributed by atoms with Crippen molar-refractivity contribution in [1.82, 2.24) is 0 Å². The Morgan fingerprint density at radius 1 is 1.10 bits per heavy atom. The highest BCUT2D eigenvalue weighted by molar-refractivity contribution is 9.10. The summed E-state index contributed by atoms with van der Waals surface area (Å²) in [6, 6.07) is 13.4. The minimum atomic E-state index is 0.0415. The molecule has 2 aromatic rings. The van der Waals surface area contributed by atoms with Gasteiger partial charge in [-0.1, -0.05) is 32.0 Å². The maximum absolute atomic E-state index is 11.3. The Kier molecular flexibility index (Phi) is 4.61. The van der Waals surface area contributed by atoms with Gasteiger partial charge < -0.3 is 4.74 Å². The van der Waals surface area contributed by atoms with Gasteiger partial charge in [0.15, 0.2) is 5.78 Å². The second-order valence-electron chi connectivity index (χ2n) is 5.00. The summed E-state index contributed by atoms with van der Waals surface area (Å²) in [5.74, 6) is 1.99. The van der Waals surface area contributed by atoms with Crippen LogP contribution in [-0.4, -0.2) is 5.78 Å². The third kappa shape index (κ3) is 3.28. The third-order valence-corrected chi connectivity index (χ3v) is 3.72. The van der Waals surface area contributed by atoms with Gasteiger partial charge in [-0.15, -0.1) is 0 Å². The Bertz CT molecular complexity index is 633. The molecule has 20 heavy (non-hydrogen) atoms. The van der Waals surface area contributed by atoms with E-state index in [0.717, 1.165) is 15.8 Å². The molecule has 2 rings (SSSR count). The van der Waals surface area contributed by atoms with Crippen molar-refractivity contribution in [3.63, 3.8) is 0 Å². The number of carbonyl (C=O) groups excluding carboxylic acids is 1. The first-order chi connectivity index (χ1) is 9.49. The smallest absolute Gasteiger partial charge is 0.159 e. The monoisotopic (exact) mass is 332 g/mol. The van der Waals surface area contributed by atoms with E-state index < -0.39 is 0 Å². The van der Waals surface area contributed by atoms with Crippen LogP contribution >= 0.6 is 15.9 Å². The van der Waals surface area contributed by atoms with E-state index in [2.05, 4.69) is 35.8 Å². The van der Waals surface area contributed by atoms with Crippen molar-refractivity contribution in [2.24, 2.45) is 0 Å². The van der Waals surface area contributed by atoms with Crippen molar-refractivity contribution in [3.05, 3.63) is 58.1 Å². The van der Waals surface area contributed by atoms with E-state index >= 15 is 0 Å². The Hall–Kier alpha value is -1.61. The molecule has 0 atom stereocenters. The van der Waals surface area contributed by atoms with Crippen molar-refractivity contribution in [2.75, 3.05) is 0 Å². The molecule has 0 N–H and O–H groups in total. The van der Waals surface area contributed by atoms with E-state index in [1.165, 1.54) is 0 Å². The molecule has 0 aliphatic rings. The highest BCUT2D eigenvalue weighted by Crippen LogP contribution is 2.34. The molecular formula is C17H17BrO2. The molecule has 0 unspecified atom stereocenters. The zero-order valence-corrected chi connectivity index (χ0v) is 13.4. The van der Waals surface area contributed by atoms with Gasteiger partial charge >= 0.3 is 0 Å². The number of carbonyl (C=O) groups is 1. The van der Waals surface area contributed by atoms with E-state index in [4.69, 9.17) is 4.74 Å². The Morgan fingerprint density at radius 2 is 1.80 bits per heavy atom. The molecule has 0 bridgehead atoms. The van der Waals surface area contributed by atoms with Crippen molar-refractivity contribution < 1.29 is 9.53 Å². The fourth-order valence-corrected chi connectivity index (χ4v) is 2.43. The summed E-state index contributed by atoms with van der Waals surface area (Å²) < 4.78 is 6.76. The Balaban J connectivity index is 2.33. The van der Waals surface area contributed by atoms with Crippen LogP contribution in [0.3, 0.4) is 0 Å². The molecule has 0 heterocycles. The number of rotatable bonds is 4. The Labute approximate surface area is 127 Å². The van der Waals surface area contributed by atoms with Gasteiger partial charge in [-0.25, -0.2) is 0 Å². The van der Waals surface area contributed by atoms with E-state index in [0.29, 0.717) is 17.2 Å². The molecule has 0 aromatic heterocycles. The first kappa shape index (κ1) is 14.8. The number of para-hydroxylation sites is 1. The summed E-state index contributed by atoms with van der Waals surface area (Å²) in [6.45, 7) is 5.82. The molecule has 0 amide bonds. The number of benzene rings is 2. The fourth-order valence-electron chi connectivity index (χ4n) is 1.97. The maximum atomic E-state index is 11.3. The normalized spacial score (nSPS) is 10.7. The van der Waals surface area contributed by atoms with Crippen molar-refractivity contribution in [1.29, 1.82) is 0 Å². The van der Waals surface area contributed by atoms with Gasteiger partial charge in [0.25, 0.3) is 0 Å². The molecule has 0 saturated heterocycles. The van der Waals surface area contributed by atoms with Crippen LogP contribution in [-0.2, 0) is 0 Å². The van der Waals surface area contributed by atoms with Gasteiger partial charge in [-0.3, -0.25) is 4.79 Å². The van der Waals surface area contributed by atoms with Gasteiger partial charge in [0, 0.05) is 5.56 Å². The first-order valence-electron chi connectivity index (χ1n) is 6.56. The quantitative estimate of drug-likeness (QED) is 0.684. The summed E-state index contributed by atoms with van der Waals surface area (Å²) in [5.41, 5.74) is 1.83. The molecule has 0 saturated carbocycles. The lowest BCUT2D eigenvalue weighted by atomic mass is 10.0. The van der Waals surface area contributed by atoms with Gasteiger partial charge in [0.2, 0.25) is 0 Å². The largest absolute Gasteiger partial charge is 0.456 e. The number of halogens is 1. The lowest BCUT2D eigenvalue weighted by Gasteiger charge is -2.14. The summed E-state index contributed by atoms with van der Waals surface area (Å²) in [7, 11) is 0. The number of ketones is 1. The van der Waals surface area contributed by atoms with Crippen LogP contribution in [0.4, 0.5) is 0 Å². The van der Waals surface area contributed by atoms with Crippen molar-refractivity contribution >= 4 is 21.7 Å². The highest BCUT2D eigenvalue weighted by atomic mass is 79.9. The maximum Gasteiger partial charge on any atom is 0.159 e. The highest BCUT2D eigenvalue weighted by Gasteiger charge is 2.11. The summed E-state index contributed by atoms with van der Waals surface area (Å²) in [6.07, 6.45) is 0. The van der Waals surface area contributed by atoms with Crippen LogP contribution < -0.4 is 4.74 Å². The van der Waals surface area contributed by atoms with Crippen LogP contribution in [0.5, 0.6) is 11.5 Å². The van der Waals surface area contributed by atoms with E-state index in [-0.39, 0.29) is 5.78 Å². The fraction of sp³-hybridized carbons (Fsp3) is 0.235. The van der Waals surface area contributed by atoms with Crippen LogP contribution in [0.1, 0.15) is 42.6 Å². The molecule has 3 heteroatoms. The predicted octanol–water partition coefficient (Wildman–Crippen LogP) is 5.57.